The number of carbonyl (C=O) groups is 2. The number of fused-ring (bicyclic) bond motifs is 2. The molecule has 0 radical (unpaired) electrons. The number of anilines is 1. The van der Waals surface area contributed by atoms with E-state index in [9.17, 15) is 9.59 Å². The van der Waals surface area contributed by atoms with E-state index >= 15 is 0 Å². The molecule has 28 heavy (non-hydrogen) atoms. The molecule has 0 aliphatic heterocycles. The average molecular weight is 416 g/mol. The first-order valence-electron chi connectivity index (χ1n) is 9.83. The van der Waals surface area contributed by atoms with Crippen molar-refractivity contribution >= 4 is 49.7 Å². The normalized spacial score (nSPS) is 13.7. The standard InChI is InChI=1S/C21H25N3O2S2/c1-4-22-20(26)18-13-7-5-6-8-16(13)28-21(18)23-19(25)15-11-17-14(9-10-27-17)24(15)12(2)3/h9-12H,4-8H2,1-3H3,(H,22,26)(H,23,25). The van der Waals surface area contributed by atoms with Gasteiger partial charge in [0.05, 0.1) is 15.8 Å². The minimum Gasteiger partial charge on any atom is -0.352 e. The summed E-state index contributed by atoms with van der Waals surface area (Å²) >= 11 is 3.20. The summed E-state index contributed by atoms with van der Waals surface area (Å²) in [5.41, 5.74) is 3.52. The molecule has 2 amide bonds. The van der Waals surface area contributed by atoms with Gasteiger partial charge in [-0.1, -0.05) is 0 Å². The smallest absolute Gasteiger partial charge is 0.272 e. The molecule has 3 aromatic rings. The molecule has 0 bridgehead atoms. The van der Waals surface area contributed by atoms with E-state index in [0.717, 1.165) is 41.5 Å². The minimum atomic E-state index is -0.152. The number of amides is 2. The number of carbonyl (C=O) groups excluding carboxylic acids is 2. The fourth-order valence-electron chi connectivity index (χ4n) is 3.99. The summed E-state index contributed by atoms with van der Waals surface area (Å²) in [5.74, 6) is -0.237. The van der Waals surface area contributed by atoms with E-state index in [4.69, 9.17) is 0 Å². The molecule has 3 heterocycles. The molecule has 1 aliphatic carbocycles. The molecule has 5 nitrogen and oxygen atoms in total. The molecular formula is C21H25N3O2S2. The average Bonchev–Trinajstić information content (AvgIpc) is 3.33. The summed E-state index contributed by atoms with van der Waals surface area (Å²) in [6.45, 7) is 6.65. The maximum Gasteiger partial charge on any atom is 0.272 e. The van der Waals surface area contributed by atoms with E-state index in [1.165, 1.54) is 4.88 Å². The van der Waals surface area contributed by atoms with Gasteiger partial charge in [-0.05, 0) is 69.5 Å². The van der Waals surface area contributed by atoms with Crippen LogP contribution in [0.1, 0.15) is 70.9 Å². The highest BCUT2D eigenvalue weighted by atomic mass is 32.1. The number of thiophene rings is 2. The number of hydrogen-bond donors (Lipinski definition) is 2. The van der Waals surface area contributed by atoms with E-state index < -0.39 is 0 Å². The Morgan fingerprint density at radius 3 is 2.75 bits per heavy atom. The van der Waals surface area contributed by atoms with Crippen molar-refractivity contribution in [2.45, 2.75) is 52.5 Å². The number of aryl methyl sites for hydroxylation is 1. The molecule has 0 spiro atoms. The van der Waals surface area contributed by atoms with Crippen LogP contribution in [0.3, 0.4) is 0 Å². The second-order valence-electron chi connectivity index (χ2n) is 7.39. The van der Waals surface area contributed by atoms with Crippen LogP contribution in [0.2, 0.25) is 0 Å². The molecule has 1 aliphatic rings. The highest BCUT2D eigenvalue weighted by Gasteiger charge is 2.27. The van der Waals surface area contributed by atoms with Crippen molar-refractivity contribution in [3.05, 3.63) is 39.2 Å². The molecule has 4 rings (SSSR count). The highest BCUT2D eigenvalue weighted by molar-refractivity contribution is 7.17. The fourth-order valence-corrected chi connectivity index (χ4v) is 6.08. The number of nitrogens with one attached hydrogen (secondary N) is 2. The summed E-state index contributed by atoms with van der Waals surface area (Å²) in [7, 11) is 0. The first-order valence-corrected chi connectivity index (χ1v) is 11.5. The van der Waals surface area contributed by atoms with Crippen molar-refractivity contribution in [3.8, 4) is 0 Å². The van der Waals surface area contributed by atoms with Crippen molar-refractivity contribution < 1.29 is 9.59 Å². The van der Waals surface area contributed by atoms with Crippen molar-refractivity contribution in [3.63, 3.8) is 0 Å². The van der Waals surface area contributed by atoms with Crippen molar-refractivity contribution in [2.75, 3.05) is 11.9 Å². The molecular weight excluding hydrogens is 390 g/mol. The van der Waals surface area contributed by atoms with Crippen LogP contribution in [0.5, 0.6) is 0 Å². The summed E-state index contributed by atoms with van der Waals surface area (Å²) in [5, 5.41) is 8.71. The Labute approximate surface area is 172 Å². The van der Waals surface area contributed by atoms with Crippen LogP contribution in [-0.2, 0) is 12.8 Å². The Bertz CT molecular complexity index is 1040. The van der Waals surface area contributed by atoms with Gasteiger partial charge in [0.1, 0.15) is 10.7 Å². The molecule has 0 fully saturated rings. The van der Waals surface area contributed by atoms with Crippen LogP contribution in [0, 0.1) is 0 Å². The van der Waals surface area contributed by atoms with Crippen LogP contribution < -0.4 is 10.6 Å². The van der Waals surface area contributed by atoms with Gasteiger partial charge >= 0.3 is 0 Å². The monoisotopic (exact) mass is 415 g/mol. The Kier molecular flexibility index (Phi) is 5.29. The van der Waals surface area contributed by atoms with Crippen LogP contribution >= 0.6 is 22.7 Å². The van der Waals surface area contributed by atoms with E-state index in [0.29, 0.717) is 22.8 Å². The number of nitrogens with zero attached hydrogens (tertiary/aromatic N) is 1. The van der Waals surface area contributed by atoms with E-state index in [1.807, 2.05) is 18.4 Å². The Morgan fingerprint density at radius 2 is 2.00 bits per heavy atom. The second kappa shape index (κ2) is 7.72. The van der Waals surface area contributed by atoms with Crippen molar-refractivity contribution in [2.24, 2.45) is 0 Å². The Balaban J connectivity index is 1.72. The fraction of sp³-hybridized carbons (Fsp3) is 0.429. The van der Waals surface area contributed by atoms with E-state index in [2.05, 4.69) is 35.1 Å². The van der Waals surface area contributed by atoms with Crippen molar-refractivity contribution in [1.82, 2.24) is 9.88 Å². The molecule has 0 atom stereocenters. The third kappa shape index (κ3) is 3.26. The molecule has 3 aromatic heterocycles. The van der Waals surface area contributed by atoms with Crippen LogP contribution in [-0.4, -0.2) is 22.9 Å². The van der Waals surface area contributed by atoms with Gasteiger partial charge in [0.15, 0.2) is 0 Å². The first-order chi connectivity index (χ1) is 13.5. The van der Waals surface area contributed by atoms with Gasteiger partial charge in [-0.15, -0.1) is 22.7 Å². The first kappa shape index (κ1) is 19.2. The number of hydrogen-bond acceptors (Lipinski definition) is 4. The molecule has 148 valence electrons. The summed E-state index contributed by atoms with van der Waals surface area (Å²) in [6, 6.07) is 4.18. The number of rotatable bonds is 5. The lowest BCUT2D eigenvalue weighted by molar-refractivity contribution is 0.0956. The minimum absolute atomic E-state index is 0.0857. The van der Waals surface area contributed by atoms with Gasteiger partial charge in [0.25, 0.3) is 11.8 Å². The van der Waals surface area contributed by atoms with Gasteiger partial charge in [-0.25, -0.2) is 0 Å². The van der Waals surface area contributed by atoms with E-state index in [1.54, 1.807) is 22.7 Å². The lowest BCUT2D eigenvalue weighted by Crippen LogP contribution is -2.26. The van der Waals surface area contributed by atoms with Crippen LogP contribution in [0.4, 0.5) is 5.00 Å². The molecule has 7 heteroatoms. The zero-order valence-electron chi connectivity index (χ0n) is 16.4. The molecule has 0 unspecified atom stereocenters. The molecule has 0 saturated carbocycles. The van der Waals surface area contributed by atoms with Crippen molar-refractivity contribution in [1.29, 1.82) is 0 Å². The molecule has 0 aromatic carbocycles. The second-order valence-corrected chi connectivity index (χ2v) is 9.44. The molecule has 0 saturated heterocycles. The SMILES string of the molecule is CCNC(=O)c1c(NC(=O)c2cc3sccc3n2C(C)C)sc2c1CCCC2. The van der Waals surface area contributed by atoms with Gasteiger partial charge in [-0.3, -0.25) is 9.59 Å². The van der Waals surface area contributed by atoms with Gasteiger partial charge in [-0.2, -0.15) is 0 Å². The van der Waals surface area contributed by atoms with E-state index in [-0.39, 0.29) is 17.9 Å². The Hall–Kier alpha value is -2.12. The van der Waals surface area contributed by atoms with Gasteiger partial charge in [0, 0.05) is 17.5 Å². The Morgan fingerprint density at radius 1 is 1.21 bits per heavy atom. The predicted octanol–water partition coefficient (Wildman–Crippen LogP) is 5.23. The third-order valence-corrected chi connectivity index (χ3v) is 7.23. The lowest BCUT2D eigenvalue weighted by Gasteiger charge is -2.15. The summed E-state index contributed by atoms with van der Waals surface area (Å²) in [4.78, 5) is 27.2. The third-order valence-electron chi connectivity index (χ3n) is 5.17. The van der Waals surface area contributed by atoms with Crippen LogP contribution in [0.15, 0.2) is 17.5 Å². The van der Waals surface area contributed by atoms with Gasteiger partial charge in [0.2, 0.25) is 0 Å². The topological polar surface area (TPSA) is 63.1 Å². The lowest BCUT2D eigenvalue weighted by atomic mass is 9.95. The zero-order chi connectivity index (χ0) is 19.8. The zero-order valence-corrected chi connectivity index (χ0v) is 18.1. The maximum absolute atomic E-state index is 13.2. The number of aromatic nitrogens is 1. The quantitative estimate of drug-likeness (QED) is 0.600. The predicted molar refractivity (Wildman–Crippen MR) is 117 cm³/mol. The van der Waals surface area contributed by atoms with Gasteiger partial charge < -0.3 is 15.2 Å². The maximum atomic E-state index is 13.2. The summed E-state index contributed by atoms with van der Waals surface area (Å²) < 4.78 is 3.17. The highest BCUT2D eigenvalue weighted by Crippen LogP contribution is 2.38. The van der Waals surface area contributed by atoms with Crippen LogP contribution in [0.25, 0.3) is 10.2 Å². The molecule has 2 N–H and O–H groups in total. The largest absolute Gasteiger partial charge is 0.352 e. The summed E-state index contributed by atoms with van der Waals surface area (Å²) in [6.07, 6.45) is 4.13.